The first-order valence-electron chi connectivity index (χ1n) is 12.7. The van der Waals surface area contributed by atoms with Crippen molar-refractivity contribution in [1.82, 2.24) is 30.2 Å². The molecule has 1 fully saturated rings. The molecule has 38 heavy (non-hydrogen) atoms. The van der Waals surface area contributed by atoms with Gasteiger partial charge >= 0.3 is 0 Å². The van der Waals surface area contributed by atoms with Gasteiger partial charge in [-0.05, 0) is 50.7 Å². The largest absolute Gasteiger partial charge is 0.401 e. The first-order valence-corrected chi connectivity index (χ1v) is 12.7. The van der Waals surface area contributed by atoms with Crippen molar-refractivity contribution in [2.24, 2.45) is 11.1 Å². The molecule has 200 valence electrons. The molecule has 2 aromatic heterocycles. The zero-order valence-corrected chi connectivity index (χ0v) is 22.7. The maximum absolute atomic E-state index is 12.9. The predicted octanol–water partition coefficient (Wildman–Crippen LogP) is 3.21. The number of rotatable bonds is 5. The number of nitrogens with two attached hydrogens (primary N) is 1. The summed E-state index contributed by atoms with van der Waals surface area (Å²) in [7, 11) is 2.12. The summed E-state index contributed by atoms with van der Waals surface area (Å²) >= 11 is 0. The smallest absolute Gasteiger partial charge is 0.256 e. The van der Waals surface area contributed by atoms with Gasteiger partial charge in [0.25, 0.3) is 5.91 Å². The Morgan fingerprint density at radius 3 is 2.68 bits per heavy atom. The molecule has 3 aromatic rings. The van der Waals surface area contributed by atoms with Gasteiger partial charge in [-0.15, -0.1) is 0 Å². The number of nitrogens with one attached hydrogen (secondary N) is 3. The van der Waals surface area contributed by atoms with Crippen molar-refractivity contribution in [3.8, 4) is 0 Å². The first kappa shape index (κ1) is 26.9. The molecule has 4 rings (SSSR count). The number of aromatic nitrogens is 4. The highest BCUT2D eigenvalue weighted by molar-refractivity contribution is 6.09. The number of likely N-dealkylation sites (N-methyl/N-ethyl adjacent to an activating group) is 1. The summed E-state index contributed by atoms with van der Waals surface area (Å²) in [6.45, 7) is 11.5. The molecule has 0 unspecified atom stereocenters. The number of anilines is 3. The van der Waals surface area contributed by atoms with E-state index in [1.807, 2.05) is 33.8 Å². The van der Waals surface area contributed by atoms with Gasteiger partial charge in [0.1, 0.15) is 23.2 Å². The van der Waals surface area contributed by atoms with E-state index in [4.69, 9.17) is 16.1 Å². The van der Waals surface area contributed by atoms with Crippen LogP contribution in [0.25, 0.3) is 11.0 Å². The number of hydrogen-bond acceptors (Lipinski definition) is 10. The molecule has 0 atom stereocenters. The molecular weight excluding hydrogens is 480 g/mol. The van der Waals surface area contributed by atoms with Gasteiger partial charge in [-0.1, -0.05) is 26.8 Å². The van der Waals surface area contributed by atoms with Crippen LogP contribution in [0.1, 0.15) is 43.1 Å². The third-order valence-corrected chi connectivity index (χ3v) is 6.53. The lowest BCUT2D eigenvalue weighted by Crippen LogP contribution is -2.30. The standard InChI is InChI=1S/C27H36N10O/c1-17-7-8-18(25(38)34-22(29)14-21(28)27(2,3)4)13-19(17)33-24-23-20(31-16-32-24)15-30-26(35-23)37-10-6-9-36(5)11-12-37/h7-8,13-16H,6,9-12,28H2,1-5H3,(H2,29,34,38)(H,31,32,33). The maximum atomic E-state index is 12.9. The van der Waals surface area contributed by atoms with Gasteiger partial charge in [0, 0.05) is 42.0 Å². The van der Waals surface area contributed by atoms with E-state index in [-0.39, 0.29) is 11.3 Å². The van der Waals surface area contributed by atoms with Gasteiger partial charge in [0.2, 0.25) is 5.95 Å². The minimum absolute atomic E-state index is 0.0664. The summed E-state index contributed by atoms with van der Waals surface area (Å²) in [5.74, 6) is 0.707. The second kappa shape index (κ2) is 11.1. The number of allylic oxidation sites excluding steroid dienone is 1. The fourth-order valence-corrected chi connectivity index (χ4v) is 3.96. The number of amidine groups is 1. The summed E-state index contributed by atoms with van der Waals surface area (Å²) in [6, 6.07) is 5.29. The van der Waals surface area contributed by atoms with Crippen molar-refractivity contribution < 1.29 is 4.79 Å². The zero-order chi connectivity index (χ0) is 27.4. The lowest BCUT2D eigenvalue weighted by Gasteiger charge is -2.20. The van der Waals surface area contributed by atoms with Crippen molar-refractivity contribution in [2.75, 3.05) is 43.4 Å². The Balaban J connectivity index is 1.58. The molecule has 3 heterocycles. The van der Waals surface area contributed by atoms with Crippen LogP contribution in [0, 0.1) is 17.7 Å². The van der Waals surface area contributed by atoms with Crippen LogP contribution in [-0.2, 0) is 0 Å². The number of hydrogen-bond donors (Lipinski definition) is 4. The summed E-state index contributed by atoms with van der Waals surface area (Å²) in [5.41, 5.74) is 9.51. The third kappa shape index (κ3) is 6.41. The lowest BCUT2D eigenvalue weighted by molar-refractivity contribution is 0.0977. The number of fused-ring (bicyclic) bond motifs is 1. The minimum Gasteiger partial charge on any atom is -0.401 e. The van der Waals surface area contributed by atoms with E-state index < -0.39 is 5.91 Å². The summed E-state index contributed by atoms with van der Waals surface area (Å²) in [5, 5.41) is 14.1. The van der Waals surface area contributed by atoms with E-state index in [2.05, 4.69) is 42.4 Å². The molecule has 1 aliphatic heterocycles. The number of carbonyl (C=O) groups is 1. The predicted molar refractivity (Wildman–Crippen MR) is 151 cm³/mol. The Hall–Kier alpha value is -4.12. The SMILES string of the molecule is Cc1ccc(C(=O)NC(=N)C=C(N)C(C)(C)C)cc1Nc1ncnc2cnc(N3CCCN(C)CC3)nc12. The van der Waals surface area contributed by atoms with Crippen LogP contribution in [0.4, 0.5) is 17.5 Å². The Bertz CT molecular complexity index is 1380. The second-order valence-electron chi connectivity index (χ2n) is 10.6. The molecule has 1 saturated heterocycles. The van der Waals surface area contributed by atoms with Gasteiger partial charge in [-0.2, -0.15) is 0 Å². The van der Waals surface area contributed by atoms with Crippen molar-refractivity contribution in [2.45, 2.75) is 34.1 Å². The molecule has 1 amide bonds. The van der Waals surface area contributed by atoms with Gasteiger partial charge in [-0.25, -0.2) is 19.9 Å². The molecule has 0 aliphatic carbocycles. The average Bonchev–Trinajstić information content (AvgIpc) is 3.09. The molecular formula is C27H36N10O. The fraction of sp³-hybridized carbons (Fsp3) is 0.407. The first-order chi connectivity index (χ1) is 18.0. The van der Waals surface area contributed by atoms with E-state index in [0.29, 0.717) is 39.7 Å². The minimum atomic E-state index is -0.403. The van der Waals surface area contributed by atoms with Crippen molar-refractivity contribution in [3.05, 3.63) is 53.6 Å². The van der Waals surface area contributed by atoms with Crippen LogP contribution in [0.3, 0.4) is 0 Å². The van der Waals surface area contributed by atoms with Crippen molar-refractivity contribution in [1.29, 1.82) is 5.41 Å². The highest BCUT2D eigenvalue weighted by Crippen LogP contribution is 2.26. The van der Waals surface area contributed by atoms with Crippen LogP contribution in [0.5, 0.6) is 0 Å². The highest BCUT2D eigenvalue weighted by atomic mass is 16.1. The van der Waals surface area contributed by atoms with E-state index >= 15 is 0 Å². The monoisotopic (exact) mass is 516 g/mol. The second-order valence-corrected chi connectivity index (χ2v) is 10.6. The van der Waals surface area contributed by atoms with Crippen LogP contribution >= 0.6 is 0 Å². The molecule has 5 N–H and O–H groups in total. The Labute approximate surface area is 223 Å². The van der Waals surface area contributed by atoms with E-state index in [0.717, 1.165) is 38.2 Å². The molecule has 0 saturated carbocycles. The van der Waals surface area contributed by atoms with E-state index in [1.165, 1.54) is 12.4 Å². The molecule has 0 spiro atoms. The van der Waals surface area contributed by atoms with Crippen LogP contribution < -0.4 is 21.3 Å². The molecule has 1 aromatic carbocycles. The van der Waals surface area contributed by atoms with Gasteiger partial charge in [0.05, 0.1) is 6.20 Å². The lowest BCUT2D eigenvalue weighted by atomic mass is 9.92. The van der Waals surface area contributed by atoms with Crippen LogP contribution in [-0.4, -0.2) is 69.8 Å². The Morgan fingerprint density at radius 2 is 1.92 bits per heavy atom. The van der Waals surface area contributed by atoms with Crippen molar-refractivity contribution >= 4 is 40.2 Å². The van der Waals surface area contributed by atoms with Crippen molar-refractivity contribution in [3.63, 3.8) is 0 Å². The van der Waals surface area contributed by atoms with Crippen LogP contribution in [0.2, 0.25) is 0 Å². The number of aryl methyl sites for hydroxylation is 1. The highest BCUT2D eigenvalue weighted by Gasteiger charge is 2.18. The third-order valence-electron chi connectivity index (χ3n) is 6.53. The Morgan fingerprint density at radius 1 is 1.13 bits per heavy atom. The zero-order valence-electron chi connectivity index (χ0n) is 22.7. The number of nitrogens with zero attached hydrogens (tertiary/aromatic N) is 6. The summed E-state index contributed by atoms with van der Waals surface area (Å²) < 4.78 is 0. The van der Waals surface area contributed by atoms with E-state index in [1.54, 1.807) is 18.3 Å². The molecule has 11 nitrogen and oxygen atoms in total. The van der Waals surface area contributed by atoms with Crippen LogP contribution in [0.15, 0.2) is 42.5 Å². The molecule has 11 heteroatoms. The number of carbonyl (C=O) groups excluding carboxylic acids is 1. The molecule has 0 bridgehead atoms. The van der Waals surface area contributed by atoms with Gasteiger partial charge < -0.3 is 26.2 Å². The topological polar surface area (TPSA) is 149 Å². The number of benzene rings is 1. The summed E-state index contributed by atoms with van der Waals surface area (Å²) in [4.78, 5) is 35.5. The fourth-order valence-electron chi connectivity index (χ4n) is 3.96. The van der Waals surface area contributed by atoms with Gasteiger partial charge in [-0.3, -0.25) is 10.2 Å². The Kier molecular flexibility index (Phi) is 7.86. The van der Waals surface area contributed by atoms with E-state index in [9.17, 15) is 4.79 Å². The summed E-state index contributed by atoms with van der Waals surface area (Å²) in [6.07, 6.45) is 5.70. The molecule has 1 aliphatic rings. The average molecular weight is 517 g/mol. The molecule has 0 radical (unpaired) electrons. The normalized spacial score (nSPS) is 15.3. The van der Waals surface area contributed by atoms with Gasteiger partial charge in [0.15, 0.2) is 5.82 Å². The maximum Gasteiger partial charge on any atom is 0.256 e. The number of amides is 1. The quantitative estimate of drug-likeness (QED) is 0.296.